The molecule has 112 valence electrons. The van der Waals surface area contributed by atoms with Crippen LogP contribution in [0.2, 0.25) is 0 Å². The van der Waals surface area contributed by atoms with Crippen LogP contribution in [0, 0.1) is 0 Å². The number of hydrogen-bond donors (Lipinski definition) is 2. The molecule has 3 N–H and O–H groups in total. The molecule has 0 amide bonds. The summed E-state index contributed by atoms with van der Waals surface area (Å²) in [5.41, 5.74) is 4.66. The summed E-state index contributed by atoms with van der Waals surface area (Å²) in [7, 11) is 0. The van der Waals surface area contributed by atoms with Crippen LogP contribution in [-0.4, -0.2) is 24.2 Å². The first-order valence-corrected chi connectivity index (χ1v) is 6.49. The van der Waals surface area contributed by atoms with Crippen molar-refractivity contribution in [3.8, 4) is 0 Å². The van der Waals surface area contributed by atoms with Gasteiger partial charge in [-0.1, -0.05) is 12.2 Å². The van der Waals surface area contributed by atoms with Gasteiger partial charge in [0.1, 0.15) is 4.99 Å². The third-order valence-electron chi connectivity index (χ3n) is 2.47. The van der Waals surface area contributed by atoms with Gasteiger partial charge in [0, 0.05) is 17.8 Å². The van der Waals surface area contributed by atoms with Crippen LogP contribution in [0.3, 0.4) is 0 Å². The fourth-order valence-electron chi connectivity index (χ4n) is 1.59. The highest BCUT2D eigenvalue weighted by atomic mass is 32.1. The number of benzene rings is 1. The monoisotopic (exact) mass is 306 g/mol. The van der Waals surface area contributed by atoms with E-state index < -0.39 is 11.7 Å². The normalized spacial score (nSPS) is 11.7. The van der Waals surface area contributed by atoms with Crippen molar-refractivity contribution in [1.82, 2.24) is 0 Å². The van der Waals surface area contributed by atoms with Crippen molar-refractivity contribution in [1.29, 1.82) is 0 Å². The highest BCUT2D eigenvalue weighted by Gasteiger charge is 2.34. The number of alkyl halides is 3. The maximum Gasteiger partial charge on any atom is 0.417 e. The first-order valence-electron chi connectivity index (χ1n) is 6.08. The molecule has 3 nitrogen and oxygen atoms in total. The number of nitrogens with one attached hydrogen (secondary N) is 1. The zero-order chi connectivity index (χ0) is 15.3. The largest absolute Gasteiger partial charge is 0.417 e. The lowest BCUT2D eigenvalue weighted by molar-refractivity contribution is -0.137. The Kier molecular flexibility index (Phi) is 5.76. The third kappa shape index (κ3) is 4.97. The Labute approximate surface area is 121 Å². The SMILES string of the molecule is CC(C)OCCNc1ccc(C(N)=S)c(C(F)(F)F)c1. The standard InChI is InChI=1S/C13H17F3N2OS/c1-8(2)19-6-5-18-9-3-4-10(12(17)20)11(7-9)13(14,15)16/h3-4,7-8,18H,5-6H2,1-2H3,(H2,17,20). The van der Waals surface area contributed by atoms with E-state index in [0.29, 0.717) is 18.8 Å². The predicted octanol–water partition coefficient (Wildman–Crippen LogP) is 3.18. The Balaban J connectivity index is 2.83. The average molecular weight is 306 g/mol. The average Bonchev–Trinajstić information content (AvgIpc) is 2.33. The van der Waals surface area contributed by atoms with Crippen LogP contribution in [0.1, 0.15) is 25.0 Å². The zero-order valence-electron chi connectivity index (χ0n) is 11.3. The van der Waals surface area contributed by atoms with E-state index in [4.69, 9.17) is 10.5 Å². The fraction of sp³-hybridized carbons (Fsp3) is 0.462. The van der Waals surface area contributed by atoms with Gasteiger partial charge in [0.05, 0.1) is 18.3 Å². The molecule has 0 radical (unpaired) electrons. The highest BCUT2D eigenvalue weighted by molar-refractivity contribution is 7.80. The zero-order valence-corrected chi connectivity index (χ0v) is 12.1. The first kappa shape index (κ1) is 16.7. The number of ether oxygens (including phenoxy) is 1. The minimum atomic E-state index is -4.50. The Morgan fingerprint density at radius 3 is 2.55 bits per heavy atom. The number of thiocarbonyl (C=S) groups is 1. The minimum absolute atomic E-state index is 0.0829. The molecule has 0 heterocycles. The molecule has 0 fully saturated rings. The molecular weight excluding hydrogens is 289 g/mol. The molecule has 1 aromatic rings. The number of hydrogen-bond acceptors (Lipinski definition) is 3. The van der Waals surface area contributed by atoms with Gasteiger partial charge in [0.25, 0.3) is 0 Å². The Morgan fingerprint density at radius 1 is 1.40 bits per heavy atom. The summed E-state index contributed by atoms with van der Waals surface area (Å²) >= 11 is 4.63. The van der Waals surface area contributed by atoms with Crippen molar-refractivity contribution in [2.24, 2.45) is 5.73 Å². The second kappa shape index (κ2) is 6.90. The van der Waals surface area contributed by atoms with Gasteiger partial charge in [-0.2, -0.15) is 13.2 Å². The smallest absolute Gasteiger partial charge is 0.389 e. The van der Waals surface area contributed by atoms with Crippen LogP contribution < -0.4 is 11.1 Å². The summed E-state index contributed by atoms with van der Waals surface area (Å²) < 4.78 is 44.0. The van der Waals surface area contributed by atoms with E-state index in [2.05, 4.69) is 17.5 Å². The molecule has 0 bridgehead atoms. The van der Waals surface area contributed by atoms with Gasteiger partial charge >= 0.3 is 6.18 Å². The molecule has 20 heavy (non-hydrogen) atoms. The molecule has 7 heteroatoms. The van der Waals surface area contributed by atoms with Crippen LogP contribution in [-0.2, 0) is 10.9 Å². The maximum absolute atomic E-state index is 12.9. The van der Waals surface area contributed by atoms with Crippen molar-refractivity contribution in [2.75, 3.05) is 18.5 Å². The van der Waals surface area contributed by atoms with Gasteiger partial charge < -0.3 is 15.8 Å². The second-order valence-corrected chi connectivity index (χ2v) is 4.91. The summed E-state index contributed by atoms with van der Waals surface area (Å²) in [6.07, 6.45) is -4.41. The van der Waals surface area contributed by atoms with Gasteiger partial charge in [-0.15, -0.1) is 0 Å². The van der Waals surface area contributed by atoms with Crippen LogP contribution in [0.25, 0.3) is 0 Å². The van der Waals surface area contributed by atoms with Crippen molar-refractivity contribution >= 4 is 22.9 Å². The molecule has 0 aromatic heterocycles. The van der Waals surface area contributed by atoms with Crippen LogP contribution in [0.4, 0.5) is 18.9 Å². The van der Waals surface area contributed by atoms with Crippen molar-refractivity contribution in [3.63, 3.8) is 0 Å². The lowest BCUT2D eigenvalue weighted by atomic mass is 10.1. The molecule has 0 saturated heterocycles. The molecule has 0 aliphatic rings. The summed E-state index contributed by atoms with van der Waals surface area (Å²) in [5.74, 6) is 0. The summed E-state index contributed by atoms with van der Waals surface area (Å²) in [6.45, 7) is 4.61. The molecule has 0 saturated carbocycles. The molecule has 0 atom stereocenters. The van der Waals surface area contributed by atoms with E-state index in [0.717, 1.165) is 6.07 Å². The van der Waals surface area contributed by atoms with Gasteiger partial charge in [0.15, 0.2) is 0 Å². The number of nitrogens with two attached hydrogens (primary N) is 1. The van der Waals surface area contributed by atoms with Gasteiger partial charge in [-0.3, -0.25) is 0 Å². The summed E-state index contributed by atoms with van der Waals surface area (Å²) in [6, 6.07) is 3.79. The van der Waals surface area contributed by atoms with Crippen LogP contribution in [0.5, 0.6) is 0 Å². The summed E-state index contributed by atoms with van der Waals surface area (Å²) in [4.78, 5) is -0.271. The van der Waals surface area contributed by atoms with Crippen LogP contribution in [0.15, 0.2) is 18.2 Å². The van der Waals surface area contributed by atoms with E-state index in [9.17, 15) is 13.2 Å². The van der Waals surface area contributed by atoms with Gasteiger partial charge in [-0.25, -0.2) is 0 Å². The molecular formula is C13H17F3N2OS. The minimum Gasteiger partial charge on any atom is -0.389 e. The van der Waals surface area contributed by atoms with E-state index >= 15 is 0 Å². The number of anilines is 1. The molecule has 0 aliphatic heterocycles. The maximum atomic E-state index is 12.9. The third-order valence-corrected chi connectivity index (χ3v) is 2.69. The van der Waals surface area contributed by atoms with E-state index in [1.54, 1.807) is 0 Å². The quantitative estimate of drug-likeness (QED) is 0.626. The second-order valence-electron chi connectivity index (χ2n) is 4.47. The first-order chi connectivity index (χ1) is 9.21. The number of rotatable bonds is 6. The fourth-order valence-corrected chi connectivity index (χ4v) is 1.77. The van der Waals surface area contributed by atoms with E-state index in [1.807, 2.05) is 13.8 Å². The lowest BCUT2D eigenvalue weighted by Gasteiger charge is -2.15. The molecule has 0 unspecified atom stereocenters. The Hall–Kier alpha value is -1.34. The topological polar surface area (TPSA) is 47.3 Å². The van der Waals surface area contributed by atoms with E-state index in [-0.39, 0.29) is 16.7 Å². The Bertz CT molecular complexity index is 475. The van der Waals surface area contributed by atoms with Crippen molar-refractivity contribution in [3.05, 3.63) is 29.3 Å². The Morgan fingerprint density at radius 2 is 2.05 bits per heavy atom. The van der Waals surface area contributed by atoms with Crippen molar-refractivity contribution in [2.45, 2.75) is 26.1 Å². The molecule has 0 aliphatic carbocycles. The molecule has 1 rings (SSSR count). The lowest BCUT2D eigenvalue weighted by Crippen LogP contribution is -2.19. The van der Waals surface area contributed by atoms with E-state index in [1.165, 1.54) is 12.1 Å². The molecule has 0 spiro atoms. The predicted molar refractivity (Wildman–Crippen MR) is 76.9 cm³/mol. The van der Waals surface area contributed by atoms with Gasteiger partial charge in [0.2, 0.25) is 0 Å². The summed E-state index contributed by atoms with van der Waals surface area (Å²) in [5, 5.41) is 2.87. The molecule has 1 aromatic carbocycles. The van der Waals surface area contributed by atoms with Gasteiger partial charge in [-0.05, 0) is 32.0 Å². The highest BCUT2D eigenvalue weighted by Crippen LogP contribution is 2.33. The van der Waals surface area contributed by atoms with Crippen LogP contribution >= 0.6 is 12.2 Å². The van der Waals surface area contributed by atoms with Crippen molar-refractivity contribution < 1.29 is 17.9 Å². The number of halogens is 3.